The molecule has 0 spiro atoms. The van der Waals surface area contributed by atoms with Crippen molar-refractivity contribution in [3.05, 3.63) is 81.6 Å². The third kappa shape index (κ3) is 4.33. The summed E-state index contributed by atoms with van der Waals surface area (Å²) in [6.45, 7) is 0.319. The molecule has 0 aliphatic heterocycles. The topological polar surface area (TPSA) is 62.0 Å². The predicted octanol–water partition coefficient (Wildman–Crippen LogP) is 3.10. The number of aromatic amines is 1. The van der Waals surface area contributed by atoms with Crippen LogP contribution >= 0.6 is 0 Å². The van der Waals surface area contributed by atoms with E-state index in [0.717, 1.165) is 0 Å². The summed E-state index contributed by atoms with van der Waals surface area (Å²) in [5, 5.41) is 3.30. The minimum absolute atomic E-state index is 0.126. The van der Waals surface area contributed by atoms with Crippen molar-refractivity contribution in [1.82, 2.24) is 10.3 Å². The summed E-state index contributed by atoms with van der Waals surface area (Å²) in [6, 6.07) is 12.1. The first kappa shape index (κ1) is 17.8. The number of aromatic nitrogens is 1. The smallest absolute Gasteiger partial charge is 0.251 e. The fraction of sp³-hybridized carbons (Fsp3) is 0.200. The molecule has 4 nitrogen and oxygen atoms in total. The van der Waals surface area contributed by atoms with Crippen LogP contribution in [0.1, 0.15) is 17.5 Å². The fourth-order valence-corrected chi connectivity index (χ4v) is 2.78. The molecule has 3 rings (SSSR count). The molecule has 0 radical (unpaired) electrons. The largest absolute Gasteiger partial charge is 0.356 e. The van der Waals surface area contributed by atoms with Crippen LogP contribution in [0.15, 0.2) is 53.3 Å². The van der Waals surface area contributed by atoms with Gasteiger partial charge >= 0.3 is 0 Å². The maximum Gasteiger partial charge on any atom is 0.251 e. The van der Waals surface area contributed by atoms with Crippen LogP contribution in [0.3, 0.4) is 0 Å². The van der Waals surface area contributed by atoms with Crippen LogP contribution in [0.25, 0.3) is 10.9 Å². The number of aryl methyl sites for hydroxylation is 1. The Labute approximate surface area is 148 Å². The molecule has 134 valence electrons. The summed E-state index contributed by atoms with van der Waals surface area (Å²) in [7, 11) is 0. The van der Waals surface area contributed by atoms with Crippen molar-refractivity contribution in [2.75, 3.05) is 6.54 Å². The minimum Gasteiger partial charge on any atom is -0.356 e. The van der Waals surface area contributed by atoms with Gasteiger partial charge in [0.1, 0.15) is 11.6 Å². The number of hydrogen-bond acceptors (Lipinski definition) is 2. The zero-order valence-corrected chi connectivity index (χ0v) is 14.0. The summed E-state index contributed by atoms with van der Waals surface area (Å²) < 4.78 is 26.8. The zero-order chi connectivity index (χ0) is 18.5. The average molecular weight is 356 g/mol. The van der Waals surface area contributed by atoms with Gasteiger partial charge in [-0.1, -0.05) is 18.2 Å². The van der Waals surface area contributed by atoms with Crippen LogP contribution in [0.5, 0.6) is 0 Å². The van der Waals surface area contributed by atoms with E-state index in [0.29, 0.717) is 35.0 Å². The van der Waals surface area contributed by atoms with Gasteiger partial charge in [0.15, 0.2) is 0 Å². The van der Waals surface area contributed by atoms with Crippen molar-refractivity contribution >= 4 is 16.8 Å². The van der Waals surface area contributed by atoms with Crippen molar-refractivity contribution in [2.45, 2.75) is 19.3 Å². The first-order valence-corrected chi connectivity index (χ1v) is 8.34. The van der Waals surface area contributed by atoms with Gasteiger partial charge in [0, 0.05) is 29.4 Å². The van der Waals surface area contributed by atoms with Crippen LogP contribution in [0, 0.1) is 11.6 Å². The molecule has 1 aromatic heterocycles. The van der Waals surface area contributed by atoms with E-state index in [-0.39, 0.29) is 35.9 Å². The molecule has 2 N–H and O–H groups in total. The summed E-state index contributed by atoms with van der Waals surface area (Å²) in [5.41, 5.74) is 1.23. The number of halogens is 2. The first-order valence-electron chi connectivity index (χ1n) is 8.34. The molecule has 6 heteroatoms. The minimum atomic E-state index is -0.388. The Bertz CT molecular complexity index is 999. The van der Waals surface area contributed by atoms with E-state index in [4.69, 9.17) is 0 Å². The van der Waals surface area contributed by atoms with E-state index < -0.39 is 0 Å². The zero-order valence-electron chi connectivity index (χ0n) is 14.0. The number of carbonyl (C=O) groups is 1. The monoisotopic (exact) mass is 356 g/mol. The number of hydrogen-bond donors (Lipinski definition) is 2. The molecule has 0 bridgehead atoms. The lowest BCUT2D eigenvalue weighted by Crippen LogP contribution is -2.26. The molecule has 0 unspecified atom stereocenters. The molecule has 0 saturated carbocycles. The van der Waals surface area contributed by atoms with Crippen molar-refractivity contribution < 1.29 is 13.6 Å². The van der Waals surface area contributed by atoms with Gasteiger partial charge in [0.25, 0.3) is 5.56 Å². The molecule has 1 heterocycles. The predicted molar refractivity (Wildman–Crippen MR) is 96.0 cm³/mol. The first-order chi connectivity index (χ1) is 12.5. The highest BCUT2D eigenvalue weighted by molar-refractivity contribution is 5.79. The lowest BCUT2D eigenvalue weighted by Gasteiger charge is -2.07. The van der Waals surface area contributed by atoms with Gasteiger partial charge < -0.3 is 10.3 Å². The maximum atomic E-state index is 13.5. The molecule has 26 heavy (non-hydrogen) atoms. The van der Waals surface area contributed by atoms with E-state index in [1.54, 1.807) is 24.3 Å². The highest BCUT2D eigenvalue weighted by Crippen LogP contribution is 2.13. The number of H-pyrrole nitrogens is 1. The lowest BCUT2D eigenvalue weighted by atomic mass is 10.1. The van der Waals surface area contributed by atoms with Crippen LogP contribution in [0.2, 0.25) is 0 Å². The second kappa shape index (κ2) is 7.91. The highest BCUT2D eigenvalue weighted by atomic mass is 19.1. The number of rotatable bonds is 6. The Hall–Kier alpha value is -3.02. The normalized spacial score (nSPS) is 10.8. The summed E-state index contributed by atoms with van der Waals surface area (Å²) in [6.07, 6.45) is 0.767. The van der Waals surface area contributed by atoms with Gasteiger partial charge in [-0.05, 0) is 48.7 Å². The molecule has 0 aliphatic rings. The molecule has 1 amide bonds. The number of amides is 1. The van der Waals surface area contributed by atoms with E-state index >= 15 is 0 Å². The van der Waals surface area contributed by atoms with Crippen molar-refractivity contribution in [3.8, 4) is 0 Å². The van der Waals surface area contributed by atoms with Crippen LogP contribution in [0.4, 0.5) is 8.78 Å². The Morgan fingerprint density at radius 2 is 1.81 bits per heavy atom. The standard InChI is InChI=1S/C20H18F2N2O2/c21-16-6-7-18-15(12-16)11-14(20(26)24-18)5-8-19(25)23-10-9-13-3-1-2-4-17(13)22/h1-4,6-7,11-12H,5,8-10H2,(H,23,25)(H,24,26). The van der Waals surface area contributed by atoms with Crippen LogP contribution in [-0.4, -0.2) is 17.4 Å². The van der Waals surface area contributed by atoms with Gasteiger partial charge in [-0.25, -0.2) is 8.78 Å². The van der Waals surface area contributed by atoms with Crippen molar-refractivity contribution in [2.24, 2.45) is 0 Å². The summed E-state index contributed by atoms with van der Waals surface area (Å²) in [5.74, 6) is -0.904. The molecular formula is C20H18F2N2O2. The Morgan fingerprint density at radius 1 is 1.00 bits per heavy atom. The molecule has 0 saturated heterocycles. The number of nitrogens with one attached hydrogen (secondary N) is 2. The van der Waals surface area contributed by atoms with Gasteiger partial charge in [0.05, 0.1) is 0 Å². The lowest BCUT2D eigenvalue weighted by molar-refractivity contribution is -0.121. The quantitative estimate of drug-likeness (QED) is 0.713. The molecule has 0 fully saturated rings. The number of pyridine rings is 1. The summed E-state index contributed by atoms with van der Waals surface area (Å²) in [4.78, 5) is 26.7. The fourth-order valence-electron chi connectivity index (χ4n) is 2.78. The van der Waals surface area contributed by atoms with Gasteiger partial charge in [-0.2, -0.15) is 0 Å². The molecule has 2 aromatic carbocycles. The molecule has 0 atom stereocenters. The van der Waals surface area contributed by atoms with Crippen LogP contribution < -0.4 is 10.9 Å². The number of fused-ring (bicyclic) bond motifs is 1. The second-order valence-electron chi connectivity index (χ2n) is 6.05. The summed E-state index contributed by atoms with van der Waals surface area (Å²) >= 11 is 0. The number of carbonyl (C=O) groups excluding carboxylic acids is 1. The van der Waals surface area contributed by atoms with Gasteiger partial charge in [-0.3, -0.25) is 9.59 Å². The molecule has 0 aliphatic carbocycles. The third-order valence-corrected chi connectivity index (χ3v) is 4.18. The Morgan fingerprint density at radius 3 is 2.62 bits per heavy atom. The Kier molecular flexibility index (Phi) is 5.41. The van der Waals surface area contributed by atoms with Crippen molar-refractivity contribution in [1.29, 1.82) is 0 Å². The third-order valence-electron chi connectivity index (χ3n) is 4.18. The number of benzene rings is 2. The molecular weight excluding hydrogens is 338 g/mol. The van der Waals surface area contributed by atoms with E-state index in [2.05, 4.69) is 10.3 Å². The van der Waals surface area contributed by atoms with Crippen molar-refractivity contribution in [3.63, 3.8) is 0 Å². The van der Waals surface area contributed by atoms with Crippen LogP contribution in [-0.2, 0) is 17.6 Å². The van der Waals surface area contributed by atoms with Gasteiger partial charge in [0.2, 0.25) is 5.91 Å². The SMILES string of the molecule is O=C(CCc1cc2cc(F)ccc2[nH]c1=O)NCCc1ccccc1F. The second-order valence-corrected chi connectivity index (χ2v) is 6.05. The highest BCUT2D eigenvalue weighted by Gasteiger charge is 2.08. The Balaban J connectivity index is 1.56. The van der Waals surface area contributed by atoms with E-state index in [9.17, 15) is 18.4 Å². The molecule has 3 aromatic rings. The average Bonchev–Trinajstić information content (AvgIpc) is 2.62. The van der Waals surface area contributed by atoms with E-state index in [1.165, 1.54) is 24.3 Å². The van der Waals surface area contributed by atoms with Gasteiger partial charge in [-0.15, -0.1) is 0 Å². The van der Waals surface area contributed by atoms with E-state index in [1.807, 2.05) is 0 Å². The maximum absolute atomic E-state index is 13.5.